The molecule has 0 spiro atoms. The minimum Gasteiger partial charge on any atom is -0.614 e. The maximum Gasteiger partial charge on any atom is 0.356 e. The molecular formula is C27H23FN2O5S2. The molecule has 1 fully saturated rings. The van der Waals surface area contributed by atoms with E-state index in [0.29, 0.717) is 11.1 Å². The van der Waals surface area contributed by atoms with Crippen LogP contribution in [0.1, 0.15) is 22.1 Å². The zero-order valence-corrected chi connectivity index (χ0v) is 21.2. The Hall–Kier alpha value is -3.47. The molecule has 1 aromatic heterocycles. The number of fused-ring (bicyclic) bond motifs is 1. The first kappa shape index (κ1) is 25.2. The van der Waals surface area contributed by atoms with Crippen LogP contribution >= 0.6 is 11.3 Å². The quantitative estimate of drug-likeness (QED) is 0.270. The van der Waals surface area contributed by atoms with Crippen LogP contribution in [0.15, 0.2) is 89.4 Å². The summed E-state index contributed by atoms with van der Waals surface area (Å²) < 4.78 is 32.8. The summed E-state index contributed by atoms with van der Waals surface area (Å²) in [6.07, 6.45) is -0.719. The summed E-state index contributed by atoms with van der Waals surface area (Å²) >= 11 is -0.288. The minimum absolute atomic E-state index is 0.0591. The molecule has 2 amide bonds. The number of carbonyl (C=O) groups excluding carboxylic acids is 3. The van der Waals surface area contributed by atoms with Crippen molar-refractivity contribution >= 4 is 40.3 Å². The average Bonchev–Trinajstić information content (AvgIpc) is 3.43. The fourth-order valence-corrected chi connectivity index (χ4v) is 6.85. The summed E-state index contributed by atoms with van der Waals surface area (Å²) in [4.78, 5) is 40.9. The Kier molecular flexibility index (Phi) is 7.40. The number of halogens is 1. The van der Waals surface area contributed by atoms with E-state index in [4.69, 9.17) is 4.74 Å². The summed E-state index contributed by atoms with van der Waals surface area (Å²) in [7, 11) is 0. The molecule has 3 atom stereocenters. The largest absolute Gasteiger partial charge is 0.614 e. The van der Waals surface area contributed by atoms with Gasteiger partial charge < -0.3 is 14.6 Å². The third-order valence-electron chi connectivity index (χ3n) is 6.22. The maximum absolute atomic E-state index is 14.0. The number of hydrogen-bond donors (Lipinski definition) is 1. The summed E-state index contributed by atoms with van der Waals surface area (Å²) in [5.74, 6) is -2.13. The Morgan fingerprint density at radius 3 is 2.30 bits per heavy atom. The molecule has 1 saturated heterocycles. The van der Waals surface area contributed by atoms with Gasteiger partial charge in [-0.1, -0.05) is 66.7 Å². The van der Waals surface area contributed by atoms with Gasteiger partial charge in [-0.3, -0.25) is 14.5 Å². The Labute approximate surface area is 220 Å². The number of amides is 2. The molecular weight excluding hydrogens is 515 g/mol. The van der Waals surface area contributed by atoms with E-state index in [-0.39, 0.29) is 23.4 Å². The van der Waals surface area contributed by atoms with Crippen molar-refractivity contribution in [2.24, 2.45) is 0 Å². The molecule has 2 unspecified atom stereocenters. The first-order chi connectivity index (χ1) is 18.0. The van der Waals surface area contributed by atoms with E-state index >= 15 is 0 Å². The van der Waals surface area contributed by atoms with Crippen LogP contribution in [0, 0.1) is 0 Å². The number of ether oxygens (including phenoxy) is 1. The summed E-state index contributed by atoms with van der Waals surface area (Å²) in [6, 6.07) is 20.7. The number of nitrogens with one attached hydrogen (secondary N) is 1. The highest BCUT2D eigenvalue weighted by atomic mass is 32.2. The molecule has 2 aliphatic rings. The van der Waals surface area contributed by atoms with E-state index in [2.05, 4.69) is 5.32 Å². The number of carbonyl (C=O) groups is 3. The third kappa shape index (κ3) is 5.04. The molecule has 0 aliphatic carbocycles. The van der Waals surface area contributed by atoms with Crippen LogP contribution in [0.4, 0.5) is 4.39 Å². The van der Waals surface area contributed by atoms with Gasteiger partial charge in [0.05, 0.1) is 6.42 Å². The van der Waals surface area contributed by atoms with Gasteiger partial charge in [0, 0.05) is 10.5 Å². The van der Waals surface area contributed by atoms with Gasteiger partial charge in [0.2, 0.25) is 11.3 Å². The van der Waals surface area contributed by atoms with E-state index in [1.807, 2.05) is 72.1 Å². The summed E-state index contributed by atoms with van der Waals surface area (Å²) in [5, 5.41) is 3.51. The van der Waals surface area contributed by atoms with Crippen molar-refractivity contribution in [3.8, 4) is 0 Å². The molecule has 10 heteroatoms. The van der Waals surface area contributed by atoms with Gasteiger partial charge in [-0.25, -0.2) is 9.18 Å². The molecule has 2 aliphatic heterocycles. The molecule has 3 heterocycles. The smallest absolute Gasteiger partial charge is 0.356 e. The van der Waals surface area contributed by atoms with Crippen LogP contribution in [0.25, 0.3) is 0 Å². The monoisotopic (exact) mass is 538 g/mol. The van der Waals surface area contributed by atoms with Crippen LogP contribution in [0.2, 0.25) is 0 Å². The van der Waals surface area contributed by atoms with E-state index in [9.17, 15) is 23.3 Å². The lowest BCUT2D eigenvalue weighted by molar-refractivity contribution is -0.155. The SMILES string of the molecule is O=C(Cc1cccs1)NC1C(=O)N2C(C(=O)OC(c3ccccc3)c3ccccc3)=C(CF)C[S+]([O-])[C@@H]12. The molecule has 190 valence electrons. The minimum atomic E-state index is -1.70. The second-order valence-electron chi connectivity index (χ2n) is 8.62. The zero-order valence-electron chi connectivity index (χ0n) is 19.5. The van der Waals surface area contributed by atoms with Crippen molar-refractivity contribution in [3.05, 3.63) is 105 Å². The van der Waals surface area contributed by atoms with E-state index in [1.54, 1.807) is 6.07 Å². The van der Waals surface area contributed by atoms with Gasteiger partial charge in [-0.2, -0.15) is 0 Å². The standard InChI is InChI=1S/C27H23FN2O5S2/c28-15-19-16-37(34)26-22(29-21(31)14-20-12-7-13-36-20)25(32)30(26)23(19)27(33)35-24(17-8-3-1-4-9-17)18-10-5-2-6-11-18/h1-13,22,24,26H,14-16H2,(H,29,31)/t22?,26-,37?/m0/s1. The summed E-state index contributed by atoms with van der Waals surface area (Å²) in [5.41, 5.74) is 1.11. The Morgan fingerprint density at radius 1 is 1.08 bits per heavy atom. The molecule has 3 aromatic rings. The van der Waals surface area contributed by atoms with Gasteiger partial charge in [0.1, 0.15) is 18.1 Å². The third-order valence-corrected chi connectivity index (χ3v) is 8.75. The lowest BCUT2D eigenvalue weighted by atomic mass is 10.0. The highest BCUT2D eigenvalue weighted by Crippen LogP contribution is 2.38. The van der Waals surface area contributed by atoms with Gasteiger partial charge in [0.25, 0.3) is 5.91 Å². The number of nitrogens with zero attached hydrogens (tertiary/aromatic N) is 1. The van der Waals surface area contributed by atoms with Gasteiger partial charge in [-0.15, -0.1) is 11.3 Å². The molecule has 0 saturated carbocycles. The van der Waals surface area contributed by atoms with Crippen LogP contribution in [0.5, 0.6) is 0 Å². The highest BCUT2D eigenvalue weighted by molar-refractivity contribution is 7.92. The van der Waals surface area contributed by atoms with Crippen molar-refractivity contribution in [3.63, 3.8) is 0 Å². The Morgan fingerprint density at radius 2 is 1.73 bits per heavy atom. The van der Waals surface area contributed by atoms with E-state index < -0.39 is 53.2 Å². The molecule has 7 nitrogen and oxygen atoms in total. The van der Waals surface area contributed by atoms with E-state index in [0.717, 1.165) is 9.78 Å². The van der Waals surface area contributed by atoms with Crippen molar-refractivity contribution in [2.45, 2.75) is 23.9 Å². The van der Waals surface area contributed by atoms with Crippen molar-refractivity contribution in [1.82, 2.24) is 10.2 Å². The Bertz CT molecular complexity index is 1280. The lowest BCUT2D eigenvalue weighted by Crippen LogP contribution is -2.75. The number of alkyl halides is 1. The fourth-order valence-electron chi connectivity index (χ4n) is 4.49. The van der Waals surface area contributed by atoms with E-state index in [1.165, 1.54) is 11.3 Å². The number of thiophene rings is 1. The molecule has 1 N–H and O–H groups in total. The predicted octanol–water partition coefficient (Wildman–Crippen LogP) is 3.26. The van der Waals surface area contributed by atoms with Crippen molar-refractivity contribution in [2.75, 3.05) is 12.4 Å². The van der Waals surface area contributed by atoms with Crippen LogP contribution in [0.3, 0.4) is 0 Å². The van der Waals surface area contributed by atoms with Gasteiger partial charge in [-0.05, 0) is 33.7 Å². The van der Waals surface area contributed by atoms with Gasteiger partial charge in [0.15, 0.2) is 12.1 Å². The number of esters is 1. The fraction of sp³-hybridized carbons (Fsp3) is 0.222. The second-order valence-corrected chi connectivity index (χ2v) is 11.2. The summed E-state index contributed by atoms with van der Waals surface area (Å²) in [6.45, 7) is -1.05. The lowest BCUT2D eigenvalue weighted by Gasteiger charge is -2.49. The molecule has 2 aromatic carbocycles. The van der Waals surface area contributed by atoms with Crippen molar-refractivity contribution in [1.29, 1.82) is 0 Å². The van der Waals surface area contributed by atoms with Gasteiger partial charge >= 0.3 is 5.97 Å². The zero-order chi connectivity index (χ0) is 25.9. The first-order valence-electron chi connectivity index (χ1n) is 11.6. The number of rotatable bonds is 8. The first-order valence-corrected chi connectivity index (χ1v) is 13.8. The molecule has 0 radical (unpaired) electrons. The Balaban J connectivity index is 1.39. The van der Waals surface area contributed by atoms with Crippen LogP contribution in [-0.4, -0.2) is 51.1 Å². The normalized spacial score (nSPS) is 20.9. The molecule has 0 bridgehead atoms. The number of benzene rings is 2. The second kappa shape index (κ2) is 10.9. The van der Waals surface area contributed by atoms with Crippen LogP contribution < -0.4 is 5.32 Å². The molecule has 5 rings (SSSR count). The maximum atomic E-state index is 14.0. The predicted molar refractivity (Wildman–Crippen MR) is 137 cm³/mol. The number of hydrogen-bond acceptors (Lipinski definition) is 6. The van der Waals surface area contributed by atoms with Crippen molar-refractivity contribution < 1.29 is 28.1 Å². The average molecular weight is 539 g/mol. The topological polar surface area (TPSA) is 98.8 Å². The number of β-lactam (4-membered cyclic amide) rings is 1. The van der Waals surface area contributed by atoms with Crippen LogP contribution in [-0.2, 0) is 36.7 Å². The highest BCUT2D eigenvalue weighted by Gasteiger charge is 2.61. The molecule has 37 heavy (non-hydrogen) atoms.